The van der Waals surface area contributed by atoms with Crippen LogP contribution in [0.1, 0.15) is 18.7 Å². The van der Waals surface area contributed by atoms with Gasteiger partial charge in [0.15, 0.2) is 0 Å². The Bertz CT molecular complexity index is 428. The van der Waals surface area contributed by atoms with Crippen LogP contribution in [-0.4, -0.2) is 4.98 Å². The lowest BCUT2D eigenvalue weighted by Crippen LogP contribution is -2.07. The van der Waals surface area contributed by atoms with Gasteiger partial charge in [-0.15, -0.1) is 11.3 Å². The number of rotatable bonds is 3. The number of aromatic nitrogens is 1. The van der Waals surface area contributed by atoms with Gasteiger partial charge in [0.1, 0.15) is 0 Å². The van der Waals surface area contributed by atoms with E-state index in [1.807, 2.05) is 29.8 Å². The molecule has 1 atom stereocenters. The molecule has 4 heteroatoms. The Morgan fingerprint density at radius 1 is 1.40 bits per heavy atom. The van der Waals surface area contributed by atoms with E-state index in [0.29, 0.717) is 0 Å². The van der Waals surface area contributed by atoms with Crippen molar-refractivity contribution in [3.8, 4) is 0 Å². The molecule has 1 heterocycles. The van der Waals surface area contributed by atoms with Gasteiger partial charge in [-0.2, -0.15) is 0 Å². The lowest BCUT2D eigenvalue weighted by molar-refractivity contribution is 0.849. The average molecular weight is 283 g/mol. The number of nitrogens with one attached hydrogen (secondary N) is 1. The zero-order valence-electron chi connectivity index (χ0n) is 8.27. The Morgan fingerprint density at radius 3 is 2.87 bits per heavy atom. The van der Waals surface area contributed by atoms with Crippen LogP contribution >= 0.6 is 27.3 Å². The fraction of sp³-hybridized carbons (Fsp3) is 0.182. The highest BCUT2D eigenvalue weighted by atomic mass is 79.9. The number of halogens is 1. The molecule has 1 aromatic carbocycles. The Morgan fingerprint density at radius 2 is 2.20 bits per heavy atom. The van der Waals surface area contributed by atoms with Crippen LogP contribution in [-0.2, 0) is 0 Å². The summed E-state index contributed by atoms with van der Waals surface area (Å²) in [6.07, 6.45) is 0. The van der Waals surface area contributed by atoms with E-state index in [0.717, 1.165) is 15.9 Å². The van der Waals surface area contributed by atoms with Gasteiger partial charge in [0.05, 0.1) is 17.2 Å². The standard InChI is InChI=1S/C11H11BrN2S/c1-8(11-6-15-7-13-11)14-10-5-3-2-4-9(10)12/h2-8,14H,1H3. The molecule has 0 aliphatic carbocycles. The van der Waals surface area contributed by atoms with E-state index in [9.17, 15) is 0 Å². The molecule has 2 rings (SSSR count). The summed E-state index contributed by atoms with van der Waals surface area (Å²) in [4.78, 5) is 4.28. The molecule has 1 N–H and O–H groups in total. The zero-order chi connectivity index (χ0) is 10.7. The topological polar surface area (TPSA) is 24.9 Å². The van der Waals surface area contributed by atoms with Gasteiger partial charge in [0.2, 0.25) is 0 Å². The minimum atomic E-state index is 0.231. The highest BCUT2D eigenvalue weighted by Gasteiger charge is 2.08. The normalized spacial score (nSPS) is 12.4. The molecule has 0 aliphatic heterocycles. The fourth-order valence-corrected chi connectivity index (χ4v) is 2.37. The second-order valence-corrected chi connectivity index (χ2v) is 4.83. The number of para-hydroxylation sites is 1. The molecule has 1 aromatic heterocycles. The molecule has 78 valence electrons. The van der Waals surface area contributed by atoms with Crippen LogP contribution < -0.4 is 5.32 Å². The van der Waals surface area contributed by atoms with E-state index < -0.39 is 0 Å². The predicted molar refractivity (Wildman–Crippen MR) is 68.3 cm³/mol. The van der Waals surface area contributed by atoms with Gasteiger partial charge in [-0.05, 0) is 35.0 Å². The number of hydrogen-bond acceptors (Lipinski definition) is 3. The first-order chi connectivity index (χ1) is 7.27. The molecule has 15 heavy (non-hydrogen) atoms. The molecule has 0 bridgehead atoms. The molecule has 0 saturated carbocycles. The summed E-state index contributed by atoms with van der Waals surface area (Å²) < 4.78 is 1.08. The van der Waals surface area contributed by atoms with Gasteiger partial charge in [0.25, 0.3) is 0 Å². The number of hydrogen-bond donors (Lipinski definition) is 1. The molecule has 0 saturated heterocycles. The lowest BCUT2D eigenvalue weighted by atomic mass is 10.2. The van der Waals surface area contributed by atoms with E-state index in [4.69, 9.17) is 0 Å². The third-order valence-electron chi connectivity index (χ3n) is 2.14. The highest BCUT2D eigenvalue weighted by molar-refractivity contribution is 9.10. The fourth-order valence-electron chi connectivity index (χ4n) is 1.32. The summed E-state index contributed by atoms with van der Waals surface area (Å²) >= 11 is 5.13. The van der Waals surface area contributed by atoms with Crippen LogP contribution in [0.3, 0.4) is 0 Å². The summed E-state index contributed by atoms with van der Waals surface area (Å²) in [7, 11) is 0. The summed E-state index contributed by atoms with van der Waals surface area (Å²) in [5, 5.41) is 5.47. The molecule has 0 fully saturated rings. The van der Waals surface area contributed by atoms with Crippen LogP contribution in [0.4, 0.5) is 5.69 Å². The second-order valence-electron chi connectivity index (χ2n) is 3.26. The van der Waals surface area contributed by atoms with Crippen molar-refractivity contribution in [2.45, 2.75) is 13.0 Å². The molecule has 2 nitrogen and oxygen atoms in total. The summed E-state index contributed by atoms with van der Waals surface area (Å²) in [5.41, 5.74) is 4.03. The van der Waals surface area contributed by atoms with Crippen molar-refractivity contribution < 1.29 is 0 Å². The van der Waals surface area contributed by atoms with Crippen LogP contribution in [0.2, 0.25) is 0 Å². The smallest absolute Gasteiger partial charge is 0.0795 e. The largest absolute Gasteiger partial charge is 0.376 e. The molecule has 0 spiro atoms. The SMILES string of the molecule is CC(Nc1ccccc1Br)c1cscn1. The van der Waals surface area contributed by atoms with E-state index in [1.54, 1.807) is 11.3 Å². The Hall–Kier alpha value is -0.870. The van der Waals surface area contributed by atoms with Crippen molar-refractivity contribution in [1.29, 1.82) is 0 Å². The molecular formula is C11H11BrN2S. The van der Waals surface area contributed by atoms with E-state index in [1.165, 1.54) is 0 Å². The van der Waals surface area contributed by atoms with Crippen molar-refractivity contribution in [3.05, 3.63) is 45.3 Å². The van der Waals surface area contributed by atoms with Gasteiger partial charge in [-0.1, -0.05) is 12.1 Å². The maximum absolute atomic E-state index is 4.28. The van der Waals surface area contributed by atoms with Gasteiger partial charge < -0.3 is 5.32 Å². The number of nitrogens with zero attached hydrogens (tertiary/aromatic N) is 1. The first-order valence-electron chi connectivity index (χ1n) is 4.66. The number of anilines is 1. The molecule has 0 amide bonds. The van der Waals surface area contributed by atoms with Gasteiger partial charge in [-0.25, -0.2) is 4.98 Å². The molecule has 0 aliphatic rings. The molecule has 2 aromatic rings. The Kier molecular flexibility index (Phi) is 3.38. The van der Waals surface area contributed by atoms with Crippen molar-refractivity contribution in [2.24, 2.45) is 0 Å². The number of benzene rings is 1. The third-order valence-corrected chi connectivity index (χ3v) is 3.44. The zero-order valence-corrected chi connectivity index (χ0v) is 10.7. The van der Waals surface area contributed by atoms with E-state index >= 15 is 0 Å². The number of thiazole rings is 1. The minimum Gasteiger partial charge on any atom is -0.376 e. The van der Waals surface area contributed by atoms with Gasteiger partial charge in [0, 0.05) is 15.5 Å². The third kappa shape index (κ3) is 2.58. The second kappa shape index (κ2) is 4.77. The summed E-state index contributed by atoms with van der Waals surface area (Å²) in [5.74, 6) is 0. The average Bonchev–Trinajstić information content (AvgIpc) is 2.74. The van der Waals surface area contributed by atoms with Crippen molar-refractivity contribution >= 4 is 33.0 Å². The molecule has 1 unspecified atom stereocenters. The lowest BCUT2D eigenvalue weighted by Gasteiger charge is -2.14. The van der Waals surface area contributed by atoms with E-state index in [-0.39, 0.29) is 6.04 Å². The minimum absolute atomic E-state index is 0.231. The quantitative estimate of drug-likeness (QED) is 0.918. The molecular weight excluding hydrogens is 272 g/mol. The van der Waals surface area contributed by atoms with Crippen LogP contribution in [0.25, 0.3) is 0 Å². The van der Waals surface area contributed by atoms with Crippen LogP contribution in [0.15, 0.2) is 39.6 Å². The Balaban J connectivity index is 2.13. The Labute approximate surface area is 101 Å². The maximum atomic E-state index is 4.28. The van der Waals surface area contributed by atoms with Gasteiger partial charge in [-0.3, -0.25) is 0 Å². The predicted octanol–water partition coefficient (Wildman–Crippen LogP) is 4.08. The van der Waals surface area contributed by atoms with Crippen molar-refractivity contribution in [2.75, 3.05) is 5.32 Å². The van der Waals surface area contributed by atoms with Crippen molar-refractivity contribution in [3.63, 3.8) is 0 Å². The summed E-state index contributed by atoms with van der Waals surface area (Å²) in [6.45, 7) is 2.11. The van der Waals surface area contributed by atoms with Gasteiger partial charge >= 0.3 is 0 Å². The first-order valence-corrected chi connectivity index (χ1v) is 6.40. The van der Waals surface area contributed by atoms with Crippen LogP contribution in [0, 0.1) is 0 Å². The maximum Gasteiger partial charge on any atom is 0.0795 e. The molecule has 0 radical (unpaired) electrons. The monoisotopic (exact) mass is 282 g/mol. The highest BCUT2D eigenvalue weighted by Crippen LogP contribution is 2.25. The first kappa shape index (κ1) is 10.6. The van der Waals surface area contributed by atoms with Crippen molar-refractivity contribution in [1.82, 2.24) is 4.98 Å². The summed E-state index contributed by atoms with van der Waals surface area (Å²) in [6, 6.07) is 8.32. The van der Waals surface area contributed by atoms with Crippen LogP contribution in [0.5, 0.6) is 0 Å². The van der Waals surface area contributed by atoms with E-state index in [2.05, 4.69) is 38.5 Å².